The van der Waals surface area contributed by atoms with Crippen LogP contribution in [0.4, 0.5) is 22.7 Å². The van der Waals surface area contributed by atoms with Crippen molar-refractivity contribution in [2.45, 2.75) is 194 Å². The van der Waals surface area contributed by atoms with Crippen LogP contribution in [0.5, 0.6) is 23.0 Å². The first kappa shape index (κ1) is 101. The summed E-state index contributed by atoms with van der Waals surface area (Å²) < 4.78 is 18.4. The Morgan fingerprint density at radius 2 is 0.426 bits per heavy atom. The first-order valence-corrected chi connectivity index (χ1v) is 46.4. The smallest absolute Gasteiger partial charge is 0.260 e. The summed E-state index contributed by atoms with van der Waals surface area (Å²) in [4.78, 5) is 4.81. The number of hydrogen-bond donors (Lipinski definition) is 0. The van der Waals surface area contributed by atoms with Crippen molar-refractivity contribution in [2.24, 2.45) is 0 Å². The number of ether oxygens (including phenoxy) is 2. The van der Waals surface area contributed by atoms with E-state index < -0.39 is 0 Å². The fourth-order valence-electron chi connectivity index (χ4n) is 16.1. The Morgan fingerprint density at radius 1 is 0.197 bits per heavy atom. The lowest BCUT2D eigenvalue weighted by Crippen LogP contribution is -2.61. The molecule has 0 fully saturated rings. The maximum absolute atomic E-state index is 6.74. The third-order valence-corrected chi connectivity index (χ3v) is 20.1. The Kier molecular flexibility index (Phi) is 43.1. The molecule has 4 aliphatic rings. The molecular formula is C114H142B2N4O2. The molecule has 0 aliphatic carbocycles. The lowest BCUT2D eigenvalue weighted by molar-refractivity contribution is 0.464. The monoisotopic (exact) mass is 1620 g/mol. The van der Waals surface area contributed by atoms with Crippen LogP contribution in [0.15, 0.2) is 315 Å². The van der Waals surface area contributed by atoms with E-state index in [1.165, 1.54) is 116 Å². The first-order chi connectivity index (χ1) is 60.5. The van der Waals surface area contributed by atoms with Gasteiger partial charge in [0.2, 0.25) is 0 Å². The molecule has 0 saturated heterocycles. The third kappa shape index (κ3) is 20.1. The predicted octanol–water partition coefficient (Wildman–Crippen LogP) is 32.0. The van der Waals surface area contributed by atoms with Crippen LogP contribution in [-0.4, -0.2) is 36.7 Å². The summed E-state index contributed by atoms with van der Waals surface area (Å²) in [6.07, 6.45) is 0. The van der Waals surface area contributed by atoms with Gasteiger partial charge >= 0.3 is 0 Å². The standard InChI is InChI=1S/C44H32BN3.C42H26BNO2.14C2H6/c1-46-38-25-11-9-23-36(38)45-37-24-10-12-26-39(37)47(2)41-28-31(27-40(46)42(41)45)48-43-32(29-15-5-3-6-16-29)19-13-21-34(43)35-22-14-20-33(44(35)48)30-17-7-4-8-18-30;1-3-13-27(14-4-1)30-17-11-19-32-33-20-12-18-31(28-15-5-2-6-16-28)42(33)44(41(30)32)29-25-38-40-39(26-29)46-37-24-10-8-22-35(37)43(40)34-21-7-9-23-36(34)45-38;14*1-2/h3-28H,1-2H3;1-26H;14*1-2H3. The second kappa shape index (κ2) is 52.3. The minimum absolute atomic E-state index is 0.0341. The van der Waals surface area contributed by atoms with E-state index in [2.05, 4.69) is 336 Å². The molecule has 0 atom stereocenters. The highest BCUT2D eigenvalue weighted by Crippen LogP contribution is 2.48. The number of aromatic nitrogens is 2. The molecule has 14 aromatic carbocycles. The zero-order valence-corrected chi connectivity index (χ0v) is 79.8. The molecule has 20 rings (SSSR count). The minimum atomic E-state index is 0.0341. The number of fused-ring (bicyclic) bond motifs is 14. The normalized spacial score (nSPS) is 10.6. The second-order valence-electron chi connectivity index (χ2n) is 25.1. The van der Waals surface area contributed by atoms with Gasteiger partial charge < -0.3 is 28.4 Å². The molecule has 6 heterocycles. The Morgan fingerprint density at radius 3 is 0.705 bits per heavy atom. The molecule has 6 nitrogen and oxygen atoms in total. The Labute approximate surface area is 738 Å². The molecule has 4 aliphatic heterocycles. The molecule has 0 spiro atoms. The van der Waals surface area contributed by atoms with Crippen LogP contribution in [0.2, 0.25) is 0 Å². The van der Waals surface area contributed by atoms with E-state index >= 15 is 0 Å². The molecule has 0 radical (unpaired) electrons. The molecule has 0 unspecified atom stereocenters. The van der Waals surface area contributed by atoms with Crippen LogP contribution in [-0.2, 0) is 0 Å². The van der Waals surface area contributed by atoms with E-state index in [1.807, 2.05) is 206 Å². The maximum atomic E-state index is 6.74. The summed E-state index contributed by atoms with van der Waals surface area (Å²) in [5.74, 6) is 3.43. The topological polar surface area (TPSA) is 34.8 Å². The van der Waals surface area contributed by atoms with Gasteiger partial charge in [-0.1, -0.05) is 461 Å². The fourth-order valence-corrected chi connectivity index (χ4v) is 16.1. The summed E-state index contributed by atoms with van der Waals surface area (Å²) in [5, 5.41) is 4.92. The van der Waals surface area contributed by atoms with Crippen molar-refractivity contribution in [1.29, 1.82) is 0 Å². The van der Waals surface area contributed by atoms with Gasteiger partial charge in [0.25, 0.3) is 13.4 Å². The van der Waals surface area contributed by atoms with Crippen molar-refractivity contribution in [2.75, 3.05) is 23.9 Å². The van der Waals surface area contributed by atoms with Gasteiger partial charge in [-0.15, -0.1) is 0 Å². The first-order valence-electron chi connectivity index (χ1n) is 46.4. The summed E-state index contributed by atoms with van der Waals surface area (Å²) in [6, 6.07) is 114. The molecule has 8 heteroatoms. The summed E-state index contributed by atoms with van der Waals surface area (Å²) >= 11 is 0. The largest absolute Gasteiger partial charge is 0.458 e. The van der Waals surface area contributed by atoms with Crippen LogP contribution >= 0.6 is 0 Å². The maximum Gasteiger partial charge on any atom is 0.260 e. The SMILES string of the molecule is CC.CC.CC.CC.CC.CC.CC.CC.CC.CC.CC.CC.CC.CC.CN1c2ccccc2B2c3ccccc3N(C)c3cc(-n4c5c(-c6ccccc6)cccc5c5cccc(-c6ccccc6)c54)cc1c32.c1ccc(-c2cccc3c4cccc(-c5ccccc5)c4n(-c4cc5c6c(c4)Oc4ccccc4B6c4ccccc4O5)c23)cc1. The van der Waals surface area contributed by atoms with Crippen LogP contribution in [0, 0.1) is 0 Å². The van der Waals surface area contributed by atoms with E-state index in [9.17, 15) is 0 Å². The van der Waals surface area contributed by atoms with Gasteiger partial charge in [0.1, 0.15) is 23.0 Å². The number of rotatable bonds is 6. The highest BCUT2D eigenvalue weighted by Gasteiger charge is 2.43. The number of benzene rings is 14. The zero-order chi connectivity index (χ0) is 90.1. The number of anilines is 4. The predicted molar refractivity (Wildman–Crippen MR) is 554 cm³/mol. The number of para-hydroxylation sites is 8. The Bertz CT molecular complexity index is 5410. The van der Waals surface area contributed by atoms with Gasteiger partial charge in [-0.3, -0.25) is 0 Å². The molecule has 122 heavy (non-hydrogen) atoms. The van der Waals surface area contributed by atoms with Crippen LogP contribution in [0.3, 0.4) is 0 Å². The number of hydrogen-bond acceptors (Lipinski definition) is 4. The third-order valence-electron chi connectivity index (χ3n) is 20.1. The van der Waals surface area contributed by atoms with E-state index in [0.717, 1.165) is 61.8 Å². The lowest BCUT2D eigenvalue weighted by Gasteiger charge is -2.42. The van der Waals surface area contributed by atoms with Gasteiger partial charge in [-0.25, -0.2) is 0 Å². The van der Waals surface area contributed by atoms with Gasteiger partial charge in [0, 0.05) is 98.2 Å². The lowest BCUT2D eigenvalue weighted by atomic mass is 9.33. The molecule has 2 aromatic heterocycles. The van der Waals surface area contributed by atoms with Crippen molar-refractivity contribution in [3.8, 4) is 78.9 Å². The molecule has 636 valence electrons. The van der Waals surface area contributed by atoms with Gasteiger partial charge in [0.15, 0.2) is 0 Å². The molecule has 0 amide bonds. The quantitative estimate of drug-likeness (QED) is 0.155. The molecule has 0 saturated carbocycles. The summed E-state index contributed by atoms with van der Waals surface area (Å²) in [6.45, 7) is 56.2. The van der Waals surface area contributed by atoms with Crippen molar-refractivity contribution >= 4 is 113 Å². The Balaban J connectivity index is 0.000000338. The fraction of sp³-hybridized carbons (Fsp3) is 0.263. The van der Waals surface area contributed by atoms with Crippen LogP contribution in [0.25, 0.3) is 99.5 Å². The highest BCUT2D eigenvalue weighted by molar-refractivity contribution is 7.00. The average Bonchev–Trinajstić information content (AvgIpc) is 1.59. The minimum Gasteiger partial charge on any atom is -0.458 e. The average molecular weight is 1620 g/mol. The van der Waals surface area contributed by atoms with Gasteiger partial charge in [-0.2, -0.15) is 0 Å². The molecule has 0 N–H and O–H groups in total. The van der Waals surface area contributed by atoms with E-state index in [-0.39, 0.29) is 13.4 Å². The van der Waals surface area contributed by atoms with E-state index in [1.54, 1.807) is 0 Å². The Hall–Kier alpha value is -12.0. The second-order valence-corrected chi connectivity index (χ2v) is 25.1. The van der Waals surface area contributed by atoms with Crippen LogP contribution < -0.4 is 52.1 Å². The number of nitrogens with zero attached hydrogens (tertiary/aromatic N) is 4. The van der Waals surface area contributed by atoms with Gasteiger partial charge in [0.05, 0.1) is 33.4 Å². The molecular weight excluding hydrogens is 1480 g/mol. The molecule has 16 aromatic rings. The van der Waals surface area contributed by atoms with Crippen molar-refractivity contribution in [1.82, 2.24) is 9.13 Å². The van der Waals surface area contributed by atoms with E-state index in [4.69, 9.17) is 9.47 Å². The zero-order valence-electron chi connectivity index (χ0n) is 79.8. The van der Waals surface area contributed by atoms with Crippen molar-refractivity contribution in [3.05, 3.63) is 315 Å². The van der Waals surface area contributed by atoms with E-state index in [0.29, 0.717) is 0 Å². The van der Waals surface area contributed by atoms with Crippen molar-refractivity contribution in [3.63, 3.8) is 0 Å². The summed E-state index contributed by atoms with van der Waals surface area (Å²) in [5.41, 5.74) is 29.0. The highest BCUT2D eigenvalue weighted by atomic mass is 16.5. The summed E-state index contributed by atoms with van der Waals surface area (Å²) in [7, 11) is 4.46. The van der Waals surface area contributed by atoms with Gasteiger partial charge in [-0.05, 0) is 86.0 Å². The molecule has 0 bridgehead atoms. The van der Waals surface area contributed by atoms with Crippen LogP contribution in [0.1, 0.15) is 194 Å². The van der Waals surface area contributed by atoms with Crippen molar-refractivity contribution < 1.29 is 9.47 Å².